The normalized spacial score (nSPS) is 12.5. The molecule has 0 spiro atoms. The van der Waals surface area contributed by atoms with Crippen LogP contribution in [0.2, 0.25) is 0 Å². The first-order chi connectivity index (χ1) is 11.7. The third kappa shape index (κ3) is 2.69. The number of aromatic nitrogens is 2. The Kier molecular flexibility index (Phi) is 3.62. The molecule has 0 saturated heterocycles. The molecule has 1 aliphatic rings. The van der Waals surface area contributed by atoms with Crippen molar-refractivity contribution < 1.29 is 0 Å². The second kappa shape index (κ2) is 5.93. The van der Waals surface area contributed by atoms with Crippen LogP contribution in [0.3, 0.4) is 0 Å². The number of thiocarbonyl (C=S) groups is 1. The van der Waals surface area contributed by atoms with Gasteiger partial charge in [0.2, 0.25) is 0 Å². The third-order valence-corrected chi connectivity index (χ3v) is 4.09. The molecule has 3 N–H and O–H groups in total. The molecule has 1 aliphatic heterocycles. The summed E-state index contributed by atoms with van der Waals surface area (Å²) in [4.78, 5) is 16.1. The van der Waals surface area contributed by atoms with Gasteiger partial charge in [0, 0.05) is 29.9 Å². The van der Waals surface area contributed by atoms with Crippen molar-refractivity contribution in [3.63, 3.8) is 0 Å². The number of para-hydroxylation sites is 1. The van der Waals surface area contributed by atoms with Crippen molar-refractivity contribution in [3.8, 4) is 0 Å². The van der Waals surface area contributed by atoms with Crippen LogP contribution in [0.5, 0.6) is 0 Å². The fraction of sp³-hybridized carbons (Fsp3) is 0.118. The second-order valence-corrected chi connectivity index (χ2v) is 5.91. The number of hydrogen-bond acceptors (Lipinski definition) is 4. The molecule has 2 heterocycles. The molecule has 24 heavy (non-hydrogen) atoms. The van der Waals surface area contributed by atoms with Crippen LogP contribution in [0.4, 0.5) is 17.2 Å². The standard InChI is InChI=1S/C17H15N5OS/c23-17-21-14-7-6-12(10-13(14)15-18-8-9-22(15)17)20-16(24)19-11-4-2-1-3-5-11/h1-7,10,18H,8-9H2,(H2,19,20,24). The summed E-state index contributed by atoms with van der Waals surface area (Å²) in [6, 6.07) is 15.4. The molecule has 0 radical (unpaired) electrons. The Hall–Kier alpha value is -2.93. The van der Waals surface area contributed by atoms with E-state index in [1.165, 1.54) is 0 Å². The third-order valence-electron chi connectivity index (χ3n) is 3.89. The van der Waals surface area contributed by atoms with Crippen LogP contribution in [0.25, 0.3) is 10.9 Å². The number of rotatable bonds is 2. The number of anilines is 3. The summed E-state index contributed by atoms with van der Waals surface area (Å²) in [6.07, 6.45) is 0. The summed E-state index contributed by atoms with van der Waals surface area (Å²) in [5.41, 5.74) is 2.22. The first kappa shape index (κ1) is 14.6. The smallest absolute Gasteiger partial charge is 0.349 e. The van der Waals surface area contributed by atoms with Gasteiger partial charge in [-0.25, -0.2) is 4.79 Å². The van der Waals surface area contributed by atoms with Crippen molar-refractivity contribution in [2.45, 2.75) is 6.54 Å². The number of fused-ring (bicyclic) bond motifs is 3. The van der Waals surface area contributed by atoms with Crippen LogP contribution in [-0.4, -0.2) is 21.2 Å². The fourth-order valence-corrected chi connectivity index (χ4v) is 3.04. The minimum absolute atomic E-state index is 0.218. The van der Waals surface area contributed by atoms with Crippen molar-refractivity contribution in [2.24, 2.45) is 0 Å². The summed E-state index contributed by atoms with van der Waals surface area (Å²) in [5.74, 6) is 0.815. The summed E-state index contributed by atoms with van der Waals surface area (Å²) in [7, 11) is 0. The summed E-state index contributed by atoms with van der Waals surface area (Å²) in [5, 5.41) is 11.0. The SMILES string of the molecule is O=c1nc2ccc(NC(=S)Nc3ccccc3)cc2c2n1CCN2. The van der Waals surface area contributed by atoms with Crippen LogP contribution in [-0.2, 0) is 6.54 Å². The van der Waals surface area contributed by atoms with E-state index in [1.54, 1.807) is 4.57 Å². The van der Waals surface area contributed by atoms with E-state index < -0.39 is 0 Å². The molecular formula is C17H15N5OS. The molecule has 6 nitrogen and oxygen atoms in total. The maximum atomic E-state index is 12.0. The molecule has 0 atom stereocenters. The van der Waals surface area contributed by atoms with Crippen molar-refractivity contribution >= 4 is 45.4 Å². The van der Waals surface area contributed by atoms with E-state index in [-0.39, 0.29) is 5.69 Å². The highest BCUT2D eigenvalue weighted by molar-refractivity contribution is 7.80. The minimum atomic E-state index is -0.218. The van der Waals surface area contributed by atoms with Gasteiger partial charge in [-0.1, -0.05) is 18.2 Å². The minimum Gasteiger partial charge on any atom is -0.369 e. The molecular weight excluding hydrogens is 322 g/mol. The first-order valence-corrected chi connectivity index (χ1v) is 8.03. The van der Waals surface area contributed by atoms with Gasteiger partial charge in [0.05, 0.1) is 5.52 Å². The number of nitrogens with zero attached hydrogens (tertiary/aromatic N) is 2. The lowest BCUT2D eigenvalue weighted by molar-refractivity contribution is 0.750. The maximum absolute atomic E-state index is 12.0. The highest BCUT2D eigenvalue weighted by Gasteiger charge is 2.16. The number of hydrogen-bond donors (Lipinski definition) is 3. The van der Waals surface area contributed by atoms with E-state index in [1.807, 2.05) is 48.5 Å². The van der Waals surface area contributed by atoms with Gasteiger partial charge < -0.3 is 16.0 Å². The summed E-state index contributed by atoms with van der Waals surface area (Å²) in [6.45, 7) is 1.38. The Morgan fingerprint density at radius 2 is 1.92 bits per heavy atom. The molecule has 0 amide bonds. The molecule has 120 valence electrons. The lowest BCUT2D eigenvalue weighted by atomic mass is 10.2. The summed E-state index contributed by atoms with van der Waals surface area (Å²) < 4.78 is 1.66. The van der Waals surface area contributed by atoms with Crippen LogP contribution in [0.15, 0.2) is 53.3 Å². The molecule has 3 aromatic rings. The van der Waals surface area contributed by atoms with E-state index in [4.69, 9.17) is 12.2 Å². The van der Waals surface area contributed by atoms with Gasteiger partial charge in [0.1, 0.15) is 5.82 Å². The molecule has 0 unspecified atom stereocenters. The van der Waals surface area contributed by atoms with E-state index in [0.29, 0.717) is 17.2 Å². The van der Waals surface area contributed by atoms with Gasteiger partial charge in [-0.05, 0) is 42.5 Å². The number of benzene rings is 2. The average molecular weight is 337 g/mol. The van der Waals surface area contributed by atoms with Crippen molar-refractivity contribution in [3.05, 3.63) is 59.0 Å². The Morgan fingerprint density at radius 3 is 2.75 bits per heavy atom. The topological polar surface area (TPSA) is 71.0 Å². The maximum Gasteiger partial charge on any atom is 0.349 e. The van der Waals surface area contributed by atoms with Crippen LogP contribution in [0, 0.1) is 0 Å². The Morgan fingerprint density at radius 1 is 1.12 bits per heavy atom. The van der Waals surface area contributed by atoms with E-state index >= 15 is 0 Å². The van der Waals surface area contributed by atoms with Crippen molar-refractivity contribution in [2.75, 3.05) is 22.5 Å². The molecule has 0 aliphatic carbocycles. The van der Waals surface area contributed by atoms with Crippen molar-refractivity contribution in [1.82, 2.24) is 9.55 Å². The van der Waals surface area contributed by atoms with E-state index in [0.717, 1.165) is 29.1 Å². The predicted octanol–water partition coefficient (Wildman–Crippen LogP) is 2.63. The monoisotopic (exact) mass is 337 g/mol. The van der Waals surface area contributed by atoms with Crippen LogP contribution < -0.4 is 21.6 Å². The van der Waals surface area contributed by atoms with Crippen molar-refractivity contribution in [1.29, 1.82) is 0 Å². The Balaban J connectivity index is 1.62. The molecule has 4 rings (SSSR count). The average Bonchev–Trinajstić information content (AvgIpc) is 3.07. The lowest BCUT2D eigenvalue weighted by Gasteiger charge is -2.12. The van der Waals surface area contributed by atoms with Crippen LogP contribution >= 0.6 is 12.2 Å². The second-order valence-electron chi connectivity index (χ2n) is 5.50. The van der Waals surface area contributed by atoms with Gasteiger partial charge in [0.25, 0.3) is 0 Å². The van der Waals surface area contributed by atoms with Gasteiger partial charge >= 0.3 is 5.69 Å². The zero-order chi connectivity index (χ0) is 16.5. The quantitative estimate of drug-likeness (QED) is 0.625. The first-order valence-electron chi connectivity index (χ1n) is 7.62. The zero-order valence-electron chi connectivity index (χ0n) is 12.7. The molecule has 1 aromatic heterocycles. The van der Waals surface area contributed by atoms with Crippen LogP contribution in [0.1, 0.15) is 0 Å². The largest absolute Gasteiger partial charge is 0.369 e. The highest BCUT2D eigenvalue weighted by atomic mass is 32.1. The zero-order valence-corrected chi connectivity index (χ0v) is 13.6. The molecule has 2 aromatic carbocycles. The molecule has 7 heteroatoms. The van der Waals surface area contributed by atoms with Gasteiger partial charge in [-0.2, -0.15) is 4.98 Å². The van der Waals surface area contributed by atoms with E-state index in [9.17, 15) is 4.79 Å². The summed E-state index contributed by atoms with van der Waals surface area (Å²) >= 11 is 5.35. The van der Waals surface area contributed by atoms with E-state index in [2.05, 4.69) is 20.9 Å². The van der Waals surface area contributed by atoms with Gasteiger partial charge in [-0.15, -0.1) is 0 Å². The highest BCUT2D eigenvalue weighted by Crippen LogP contribution is 2.26. The predicted molar refractivity (Wildman–Crippen MR) is 101 cm³/mol. The molecule has 0 saturated carbocycles. The lowest BCUT2D eigenvalue weighted by Crippen LogP contribution is -2.21. The molecule has 0 bridgehead atoms. The molecule has 0 fully saturated rings. The van der Waals surface area contributed by atoms with Gasteiger partial charge in [-0.3, -0.25) is 4.57 Å². The Labute approximate surface area is 143 Å². The number of nitrogens with one attached hydrogen (secondary N) is 3. The fourth-order valence-electron chi connectivity index (χ4n) is 2.80. The Bertz CT molecular complexity index is 983. The van der Waals surface area contributed by atoms with Gasteiger partial charge in [0.15, 0.2) is 5.11 Å².